The fraction of sp³-hybridized carbons (Fsp3) is 0.348. The molecule has 31 heavy (non-hydrogen) atoms. The molecule has 8 nitrogen and oxygen atoms in total. The number of ether oxygens (including phenoxy) is 2. The van der Waals surface area contributed by atoms with Crippen molar-refractivity contribution >= 4 is 22.8 Å². The van der Waals surface area contributed by atoms with Crippen LogP contribution in [-0.4, -0.2) is 71.3 Å². The number of hydrogen-bond donors (Lipinski definition) is 1. The first-order valence-electron chi connectivity index (χ1n) is 10.4. The fourth-order valence-corrected chi connectivity index (χ4v) is 4.17. The van der Waals surface area contributed by atoms with Gasteiger partial charge in [0.05, 0.1) is 43.2 Å². The number of aromatic nitrogens is 2. The second-order valence-corrected chi connectivity index (χ2v) is 7.89. The molecule has 3 heterocycles. The predicted octanol–water partition coefficient (Wildman–Crippen LogP) is 1.63. The van der Waals surface area contributed by atoms with Gasteiger partial charge in [-0.25, -0.2) is 4.98 Å². The number of amides is 2. The van der Waals surface area contributed by atoms with E-state index < -0.39 is 0 Å². The summed E-state index contributed by atoms with van der Waals surface area (Å²) in [6, 6.07) is 16.9. The number of fused-ring (bicyclic) bond motifs is 2. The molecule has 2 saturated heterocycles. The lowest BCUT2D eigenvalue weighted by molar-refractivity contribution is -0.130. The number of rotatable bonds is 4. The molecule has 0 bridgehead atoms. The van der Waals surface area contributed by atoms with E-state index in [-0.39, 0.29) is 36.6 Å². The van der Waals surface area contributed by atoms with Gasteiger partial charge in [-0.3, -0.25) is 9.59 Å². The molecule has 2 aromatic carbocycles. The van der Waals surface area contributed by atoms with Gasteiger partial charge >= 0.3 is 0 Å². The van der Waals surface area contributed by atoms with Crippen LogP contribution in [0.25, 0.3) is 11.0 Å². The fourth-order valence-electron chi connectivity index (χ4n) is 4.17. The Bertz CT molecular complexity index is 1070. The minimum atomic E-state index is -0.259. The van der Waals surface area contributed by atoms with Gasteiger partial charge in [-0.15, -0.1) is 0 Å². The summed E-state index contributed by atoms with van der Waals surface area (Å²) in [5.74, 6) is -0.396. The lowest BCUT2D eigenvalue weighted by Crippen LogP contribution is -2.40. The molecule has 2 fully saturated rings. The van der Waals surface area contributed by atoms with Crippen molar-refractivity contribution in [2.75, 3.05) is 32.8 Å². The third kappa shape index (κ3) is 4.04. The van der Waals surface area contributed by atoms with E-state index in [1.807, 2.05) is 36.7 Å². The Balaban J connectivity index is 1.16. The maximum Gasteiger partial charge on any atom is 0.251 e. The average molecular weight is 420 g/mol. The second kappa shape index (κ2) is 8.49. The Morgan fingerprint density at radius 3 is 2.39 bits per heavy atom. The van der Waals surface area contributed by atoms with Crippen LogP contribution in [0.4, 0.5) is 0 Å². The largest absolute Gasteiger partial charge is 0.371 e. The number of carbonyl (C=O) groups is 2. The number of nitrogens with zero attached hydrogens (tertiary/aromatic N) is 3. The normalized spacial score (nSPS) is 21.6. The summed E-state index contributed by atoms with van der Waals surface area (Å²) in [6.45, 7) is 1.86. The zero-order valence-electron chi connectivity index (χ0n) is 17.0. The van der Waals surface area contributed by atoms with Crippen molar-refractivity contribution in [1.29, 1.82) is 0 Å². The molecule has 160 valence electrons. The van der Waals surface area contributed by atoms with E-state index in [1.165, 1.54) is 0 Å². The van der Waals surface area contributed by atoms with Gasteiger partial charge in [0.1, 0.15) is 12.2 Å². The summed E-state index contributed by atoms with van der Waals surface area (Å²) < 4.78 is 14.4. The monoisotopic (exact) mass is 420 g/mol. The summed E-state index contributed by atoms with van der Waals surface area (Å²) >= 11 is 0. The maximum absolute atomic E-state index is 12.6. The highest BCUT2D eigenvalue weighted by Crippen LogP contribution is 2.26. The van der Waals surface area contributed by atoms with Crippen molar-refractivity contribution in [1.82, 2.24) is 19.8 Å². The van der Waals surface area contributed by atoms with Gasteiger partial charge in [0.25, 0.3) is 5.91 Å². The van der Waals surface area contributed by atoms with Crippen molar-refractivity contribution in [3.63, 3.8) is 0 Å². The third-order valence-electron chi connectivity index (χ3n) is 5.88. The van der Waals surface area contributed by atoms with Gasteiger partial charge < -0.3 is 24.3 Å². The first-order valence-corrected chi connectivity index (χ1v) is 10.4. The number of imidazole rings is 1. The van der Waals surface area contributed by atoms with E-state index in [2.05, 4.69) is 14.9 Å². The first kappa shape index (κ1) is 19.7. The summed E-state index contributed by atoms with van der Waals surface area (Å²) in [4.78, 5) is 30.9. The molecule has 2 aliphatic rings. The third-order valence-corrected chi connectivity index (χ3v) is 5.88. The zero-order chi connectivity index (χ0) is 21.2. The number of hydrogen-bond acceptors (Lipinski definition) is 5. The van der Waals surface area contributed by atoms with Crippen molar-refractivity contribution in [3.05, 3.63) is 66.5 Å². The van der Waals surface area contributed by atoms with Crippen LogP contribution in [-0.2, 0) is 14.3 Å². The molecule has 0 unspecified atom stereocenters. The molecule has 1 aromatic heterocycles. The Morgan fingerprint density at radius 1 is 0.968 bits per heavy atom. The van der Waals surface area contributed by atoms with Crippen molar-refractivity contribution in [2.45, 2.75) is 18.2 Å². The van der Waals surface area contributed by atoms with Crippen LogP contribution in [0.3, 0.4) is 0 Å². The number of likely N-dealkylation sites (tertiary alicyclic amines) is 1. The minimum Gasteiger partial charge on any atom is -0.371 e. The van der Waals surface area contributed by atoms with Gasteiger partial charge in [0.15, 0.2) is 0 Å². The van der Waals surface area contributed by atoms with Crippen molar-refractivity contribution in [2.24, 2.45) is 0 Å². The van der Waals surface area contributed by atoms with Crippen molar-refractivity contribution in [3.8, 4) is 0 Å². The van der Waals surface area contributed by atoms with E-state index in [0.29, 0.717) is 31.9 Å². The quantitative estimate of drug-likeness (QED) is 0.694. The molecule has 2 aliphatic heterocycles. The van der Waals surface area contributed by atoms with Crippen LogP contribution in [0.15, 0.2) is 60.9 Å². The Labute approximate surface area is 179 Å². The standard InChI is InChI=1S/C23H24N4O4/c28-22(10-24-23(29)16-6-2-1-3-7-16)26-11-20-21(12-26)31-14-17(13-30-20)27-15-25-18-8-4-5-9-19(18)27/h1-9,15,17,20-21H,10-14H2,(H,24,29)/t20-,21-/m0/s1. The lowest BCUT2D eigenvalue weighted by Gasteiger charge is -2.20. The molecular formula is C23H24N4O4. The number of carbonyl (C=O) groups excluding carboxylic acids is 2. The van der Waals surface area contributed by atoms with E-state index in [1.54, 1.807) is 29.2 Å². The van der Waals surface area contributed by atoms with Gasteiger partial charge in [-0.2, -0.15) is 0 Å². The number of nitrogens with one attached hydrogen (secondary N) is 1. The second-order valence-electron chi connectivity index (χ2n) is 7.89. The highest BCUT2D eigenvalue weighted by atomic mass is 16.6. The molecule has 1 N–H and O–H groups in total. The maximum atomic E-state index is 12.6. The number of para-hydroxylation sites is 2. The van der Waals surface area contributed by atoms with Crippen LogP contribution < -0.4 is 5.32 Å². The molecule has 0 saturated carbocycles. The molecule has 0 spiro atoms. The molecule has 0 radical (unpaired) electrons. The highest BCUT2D eigenvalue weighted by Gasteiger charge is 2.39. The summed E-state index contributed by atoms with van der Waals surface area (Å²) in [5, 5.41) is 2.69. The molecule has 0 aliphatic carbocycles. The predicted molar refractivity (Wildman–Crippen MR) is 114 cm³/mol. The Kier molecular flexibility index (Phi) is 5.40. The van der Waals surface area contributed by atoms with Gasteiger partial charge in [0.2, 0.25) is 5.91 Å². The van der Waals surface area contributed by atoms with E-state index in [0.717, 1.165) is 11.0 Å². The Hall–Kier alpha value is -3.23. The Morgan fingerprint density at radius 2 is 1.65 bits per heavy atom. The summed E-state index contributed by atoms with van der Waals surface area (Å²) in [6.07, 6.45) is 1.48. The van der Waals surface area contributed by atoms with Crippen LogP contribution >= 0.6 is 0 Å². The zero-order valence-corrected chi connectivity index (χ0v) is 17.0. The van der Waals surface area contributed by atoms with Gasteiger partial charge in [0, 0.05) is 18.7 Å². The topological polar surface area (TPSA) is 85.7 Å². The summed E-state index contributed by atoms with van der Waals surface area (Å²) in [7, 11) is 0. The van der Waals surface area contributed by atoms with Crippen LogP contribution in [0.2, 0.25) is 0 Å². The SMILES string of the molecule is O=C(NCC(=O)N1C[C@@H]2OCC(n3cnc4ccccc43)CO[C@H]2C1)c1ccccc1. The minimum absolute atomic E-state index is 0.0345. The molecular weight excluding hydrogens is 396 g/mol. The molecule has 2 atom stereocenters. The lowest BCUT2D eigenvalue weighted by atomic mass is 10.2. The average Bonchev–Trinajstić information content (AvgIpc) is 3.38. The van der Waals surface area contributed by atoms with Crippen molar-refractivity contribution < 1.29 is 19.1 Å². The summed E-state index contributed by atoms with van der Waals surface area (Å²) in [5.41, 5.74) is 2.53. The molecule has 8 heteroatoms. The first-order chi connectivity index (χ1) is 15.2. The number of benzene rings is 2. The van der Waals surface area contributed by atoms with E-state index >= 15 is 0 Å². The molecule has 2 amide bonds. The van der Waals surface area contributed by atoms with Crippen LogP contribution in [0, 0.1) is 0 Å². The van der Waals surface area contributed by atoms with Gasteiger partial charge in [-0.05, 0) is 24.3 Å². The van der Waals surface area contributed by atoms with E-state index in [9.17, 15) is 9.59 Å². The smallest absolute Gasteiger partial charge is 0.251 e. The van der Waals surface area contributed by atoms with E-state index in [4.69, 9.17) is 9.47 Å². The molecule has 3 aromatic rings. The van der Waals surface area contributed by atoms with Crippen LogP contribution in [0.5, 0.6) is 0 Å². The molecule has 5 rings (SSSR count). The van der Waals surface area contributed by atoms with Crippen LogP contribution in [0.1, 0.15) is 16.4 Å². The highest BCUT2D eigenvalue weighted by molar-refractivity contribution is 5.96. The van der Waals surface area contributed by atoms with Gasteiger partial charge in [-0.1, -0.05) is 30.3 Å².